The number of aliphatic hydroxyl groups is 1. The maximum Gasteiger partial charge on any atom is 0.0541 e. The Labute approximate surface area is 117 Å². The molecule has 1 saturated carbocycles. The van der Waals surface area contributed by atoms with Gasteiger partial charge in [-0.3, -0.25) is 0 Å². The Morgan fingerprint density at radius 3 is 2.53 bits per heavy atom. The topological polar surface area (TPSA) is 32.3 Å². The zero-order chi connectivity index (χ0) is 13.9. The van der Waals surface area contributed by atoms with Crippen LogP contribution in [0.3, 0.4) is 0 Å². The van der Waals surface area contributed by atoms with E-state index in [0.717, 1.165) is 32.2 Å². The molecule has 1 fully saturated rings. The number of aryl methyl sites for hydroxylation is 1. The second-order valence-corrected chi connectivity index (χ2v) is 6.64. The van der Waals surface area contributed by atoms with Crippen LogP contribution in [-0.2, 0) is 5.41 Å². The predicted molar refractivity (Wildman–Crippen MR) is 80.5 cm³/mol. The molecule has 0 saturated heterocycles. The molecule has 0 atom stereocenters. The molecule has 1 aromatic rings. The van der Waals surface area contributed by atoms with Gasteiger partial charge in [-0.15, -0.1) is 0 Å². The third-order valence-corrected chi connectivity index (χ3v) is 4.33. The van der Waals surface area contributed by atoms with E-state index in [1.165, 1.54) is 11.1 Å². The summed E-state index contributed by atoms with van der Waals surface area (Å²) in [5, 5.41) is 13.2. The van der Waals surface area contributed by atoms with Crippen LogP contribution >= 0.6 is 0 Å². The van der Waals surface area contributed by atoms with Crippen molar-refractivity contribution in [2.24, 2.45) is 0 Å². The van der Waals surface area contributed by atoms with Gasteiger partial charge in [0.25, 0.3) is 0 Å². The molecular weight excluding hydrogens is 234 g/mol. The van der Waals surface area contributed by atoms with E-state index in [4.69, 9.17) is 0 Å². The van der Waals surface area contributed by atoms with Crippen LogP contribution in [-0.4, -0.2) is 23.8 Å². The van der Waals surface area contributed by atoms with Crippen LogP contribution in [0.15, 0.2) is 24.3 Å². The van der Waals surface area contributed by atoms with Crippen molar-refractivity contribution in [3.63, 3.8) is 0 Å². The molecule has 1 aliphatic rings. The van der Waals surface area contributed by atoms with Crippen molar-refractivity contribution in [1.82, 2.24) is 5.32 Å². The summed E-state index contributed by atoms with van der Waals surface area (Å²) in [6, 6.07) is 9.37. The molecule has 1 aliphatic carbocycles. The van der Waals surface area contributed by atoms with Crippen LogP contribution in [0.25, 0.3) is 0 Å². The highest BCUT2D eigenvalue weighted by molar-refractivity contribution is 5.28. The molecule has 0 aliphatic heterocycles. The van der Waals surface area contributed by atoms with Gasteiger partial charge in [-0.1, -0.05) is 43.7 Å². The molecule has 1 aromatic carbocycles. The number of rotatable bonds is 4. The molecule has 2 N–H and O–H groups in total. The van der Waals surface area contributed by atoms with Crippen LogP contribution in [0, 0.1) is 6.92 Å². The van der Waals surface area contributed by atoms with Crippen molar-refractivity contribution >= 4 is 0 Å². The summed E-state index contributed by atoms with van der Waals surface area (Å²) in [7, 11) is 0. The Kier molecular flexibility index (Phi) is 4.64. The summed E-state index contributed by atoms with van der Waals surface area (Å²) >= 11 is 0. The van der Waals surface area contributed by atoms with E-state index >= 15 is 0 Å². The number of benzene rings is 1. The van der Waals surface area contributed by atoms with Crippen molar-refractivity contribution in [3.8, 4) is 0 Å². The highest BCUT2D eigenvalue weighted by atomic mass is 16.3. The zero-order valence-corrected chi connectivity index (χ0v) is 12.4. The van der Waals surface area contributed by atoms with E-state index in [0.29, 0.717) is 6.04 Å². The Bertz CT molecular complexity index is 405. The van der Waals surface area contributed by atoms with Crippen molar-refractivity contribution < 1.29 is 5.11 Å². The molecule has 0 aromatic heterocycles. The normalized spacial score (nSPS) is 24.4. The van der Waals surface area contributed by atoms with E-state index in [-0.39, 0.29) is 11.5 Å². The lowest BCUT2D eigenvalue weighted by Crippen LogP contribution is -2.41. The average Bonchev–Trinajstić information content (AvgIpc) is 2.38. The second kappa shape index (κ2) is 6.06. The number of aliphatic hydroxyl groups excluding tert-OH is 1. The van der Waals surface area contributed by atoms with Crippen molar-refractivity contribution in [1.29, 1.82) is 0 Å². The summed E-state index contributed by atoms with van der Waals surface area (Å²) in [5.74, 6) is 0. The lowest BCUT2D eigenvalue weighted by molar-refractivity contribution is 0.115. The van der Waals surface area contributed by atoms with Crippen LogP contribution in [0.1, 0.15) is 50.7 Å². The third-order valence-electron chi connectivity index (χ3n) is 4.33. The lowest BCUT2D eigenvalue weighted by Gasteiger charge is -2.32. The molecule has 2 rings (SSSR count). The Morgan fingerprint density at radius 1 is 1.21 bits per heavy atom. The van der Waals surface area contributed by atoms with Crippen molar-refractivity contribution in [2.75, 3.05) is 6.54 Å². The lowest BCUT2D eigenvalue weighted by atomic mass is 9.83. The van der Waals surface area contributed by atoms with Crippen molar-refractivity contribution in [2.45, 2.75) is 64.0 Å². The molecular formula is C17H27NO. The van der Waals surface area contributed by atoms with Crippen LogP contribution < -0.4 is 5.32 Å². The summed E-state index contributed by atoms with van der Waals surface area (Å²) < 4.78 is 0. The summed E-state index contributed by atoms with van der Waals surface area (Å²) in [5.41, 5.74) is 2.88. The van der Waals surface area contributed by atoms with Gasteiger partial charge in [0.2, 0.25) is 0 Å². The van der Waals surface area contributed by atoms with Gasteiger partial charge in [-0.2, -0.15) is 0 Å². The maximum atomic E-state index is 9.54. The fraction of sp³-hybridized carbons (Fsp3) is 0.647. The van der Waals surface area contributed by atoms with Gasteiger partial charge < -0.3 is 10.4 Å². The first-order valence-corrected chi connectivity index (χ1v) is 7.46. The van der Waals surface area contributed by atoms with E-state index in [2.05, 4.69) is 50.4 Å². The summed E-state index contributed by atoms with van der Waals surface area (Å²) in [4.78, 5) is 0. The Hall–Kier alpha value is -0.860. The average molecular weight is 261 g/mol. The first-order chi connectivity index (χ1) is 8.97. The smallest absolute Gasteiger partial charge is 0.0541 e. The van der Waals surface area contributed by atoms with Gasteiger partial charge in [0.1, 0.15) is 0 Å². The minimum absolute atomic E-state index is 0.0668. The first kappa shape index (κ1) is 14.5. The molecule has 106 valence electrons. The quantitative estimate of drug-likeness (QED) is 0.872. The highest BCUT2D eigenvalue weighted by Crippen LogP contribution is 2.25. The van der Waals surface area contributed by atoms with E-state index in [9.17, 15) is 5.11 Å². The van der Waals surface area contributed by atoms with E-state index in [1.807, 2.05) is 0 Å². The molecule has 2 nitrogen and oxygen atoms in total. The zero-order valence-electron chi connectivity index (χ0n) is 12.4. The molecule has 2 heteroatoms. The van der Waals surface area contributed by atoms with E-state index in [1.54, 1.807) is 0 Å². The Balaban J connectivity index is 1.90. The summed E-state index contributed by atoms with van der Waals surface area (Å²) in [6.07, 6.45) is 4.03. The number of nitrogens with one attached hydrogen (secondary N) is 1. The summed E-state index contributed by atoms with van der Waals surface area (Å²) in [6.45, 7) is 7.74. The maximum absolute atomic E-state index is 9.54. The third kappa shape index (κ3) is 4.05. The van der Waals surface area contributed by atoms with Crippen molar-refractivity contribution in [3.05, 3.63) is 35.4 Å². The minimum atomic E-state index is -0.0668. The molecule has 0 radical (unpaired) electrons. The molecule has 19 heavy (non-hydrogen) atoms. The molecule has 0 bridgehead atoms. The monoisotopic (exact) mass is 261 g/mol. The standard InChI is InChI=1S/C17H27NO/c1-13-5-4-6-14(11-13)17(2,3)12-18-15-7-9-16(19)10-8-15/h4-6,11,15-16,18-19H,7-10,12H2,1-3H3. The number of hydrogen-bond donors (Lipinski definition) is 2. The van der Waals surface area contributed by atoms with Crippen LogP contribution in [0.4, 0.5) is 0 Å². The van der Waals surface area contributed by atoms with Gasteiger partial charge in [0, 0.05) is 18.0 Å². The van der Waals surface area contributed by atoms with Gasteiger partial charge in [-0.05, 0) is 38.2 Å². The largest absolute Gasteiger partial charge is 0.393 e. The SMILES string of the molecule is Cc1cccc(C(C)(C)CNC2CCC(O)CC2)c1. The van der Waals surface area contributed by atoms with Crippen LogP contribution in [0.2, 0.25) is 0 Å². The minimum Gasteiger partial charge on any atom is -0.393 e. The highest BCUT2D eigenvalue weighted by Gasteiger charge is 2.24. The molecule has 0 unspecified atom stereocenters. The fourth-order valence-corrected chi connectivity index (χ4v) is 2.85. The first-order valence-electron chi connectivity index (χ1n) is 7.46. The molecule has 0 spiro atoms. The Morgan fingerprint density at radius 2 is 1.89 bits per heavy atom. The molecule has 0 amide bonds. The van der Waals surface area contributed by atoms with E-state index < -0.39 is 0 Å². The fourth-order valence-electron chi connectivity index (χ4n) is 2.85. The van der Waals surface area contributed by atoms with Crippen LogP contribution in [0.5, 0.6) is 0 Å². The van der Waals surface area contributed by atoms with Gasteiger partial charge in [0.05, 0.1) is 6.10 Å². The predicted octanol–water partition coefficient (Wildman–Crippen LogP) is 3.17. The second-order valence-electron chi connectivity index (χ2n) is 6.64. The molecule has 0 heterocycles. The van der Waals surface area contributed by atoms with Gasteiger partial charge in [-0.25, -0.2) is 0 Å². The van der Waals surface area contributed by atoms with Gasteiger partial charge in [0.15, 0.2) is 0 Å². The number of hydrogen-bond acceptors (Lipinski definition) is 2. The van der Waals surface area contributed by atoms with Gasteiger partial charge >= 0.3 is 0 Å².